The first kappa shape index (κ1) is 24.4. The first-order valence-electron chi connectivity index (χ1n) is 13.0. The van der Waals surface area contributed by atoms with Crippen LogP contribution in [0.5, 0.6) is 11.5 Å². The van der Waals surface area contributed by atoms with Crippen LogP contribution in [-0.4, -0.2) is 65.7 Å². The van der Waals surface area contributed by atoms with E-state index in [2.05, 4.69) is 51.2 Å². The zero-order valence-corrected chi connectivity index (χ0v) is 21.3. The van der Waals surface area contributed by atoms with Crippen molar-refractivity contribution in [3.8, 4) is 11.5 Å². The summed E-state index contributed by atoms with van der Waals surface area (Å²) in [6.45, 7) is 2.89. The average molecular weight is 489 g/mol. The number of carbonyl (C=O) groups excluding carboxylic acids is 1. The normalized spacial score (nSPS) is 18.9. The molecule has 0 N–H and O–H groups in total. The van der Waals surface area contributed by atoms with Gasteiger partial charge >= 0.3 is 0 Å². The van der Waals surface area contributed by atoms with Crippen molar-refractivity contribution in [3.63, 3.8) is 0 Å². The number of anilines is 1. The van der Waals surface area contributed by atoms with Gasteiger partial charge in [-0.25, -0.2) is 4.98 Å². The lowest BCUT2D eigenvalue weighted by Gasteiger charge is -2.42. The van der Waals surface area contributed by atoms with Gasteiger partial charge in [0, 0.05) is 44.5 Å². The number of imidazole rings is 1. The van der Waals surface area contributed by atoms with Gasteiger partial charge in [-0.1, -0.05) is 30.3 Å². The molecule has 0 radical (unpaired) electrons. The van der Waals surface area contributed by atoms with Gasteiger partial charge in [0.1, 0.15) is 5.69 Å². The van der Waals surface area contributed by atoms with E-state index in [1.54, 1.807) is 24.2 Å². The summed E-state index contributed by atoms with van der Waals surface area (Å²) < 4.78 is 13.8. The lowest BCUT2D eigenvalue weighted by molar-refractivity contribution is 0.0867. The second-order valence-corrected chi connectivity index (χ2v) is 9.93. The molecule has 1 saturated carbocycles. The van der Waals surface area contributed by atoms with Crippen molar-refractivity contribution in [2.75, 3.05) is 38.2 Å². The number of ether oxygens (including phenoxy) is 2. The number of ketones is 1. The summed E-state index contributed by atoms with van der Waals surface area (Å²) in [6, 6.07) is 17.0. The molecule has 0 unspecified atom stereocenters. The van der Waals surface area contributed by atoms with Gasteiger partial charge in [0.15, 0.2) is 17.3 Å². The highest BCUT2D eigenvalue weighted by Gasteiger charge is 2.30. The van der Waals surface area contributed by atoms with E-state index in [4.69, 9.17) is 9.47 Å². The van der Waals surface area contributed by atoms with Crippen LogP contribution < -0.4 is 14.4 Å². The van der Waals surface area contributed by atoms with Gasteiger partial charge in [-0.2, -0.15) is 0 Å². The first-order chi connectivity index (χ1) is 17.6. The minimum atomic E-state index is 0.109. The molecule has 1 aromatic heterocycles. The van der Waals surface area contributed by atoms with Gasteiger partial charge in [0.25, 0.3) is 0 Å². The molecule has 1 aliphatic heterocycles. The Balaban J connectivity index is 1.35. The molecule has 5 rings (SSSR count). The minimum absolute atomic E-state index is 0.109. The zero-order chi connectivity index (χ0) is 24.9. The van der Waals surface area contributed by atoms with Crippen LogP contribution in [0.25, 0.3) is 0 Å². The van der Waals surface area contributed by atoms with Crippen LogP contribution in [0, 0.1) is 0 Å². The number of piperazine rings is 1. The second kappa shape index (κ2) is 11.2. The van der Waals surface area contributed by atoms with Crippen LogP contribution in [0.1, 0.15) is 41.7 Å². The van der Waals surface area contributed by atoms with Gasteiger partial charge in [-0.15, -0.1) is 0 Å². The monoisotopic (exact) mass is 488 g/mol. The van der Waals surface area contributed by atoms with Crippen LogP contribution in [0.2, 0.25) is 0 Å². The Kier molecular flexibility index (Phi) is 7.56. The summed E-state index contributed by atoms with van der Waals surface area (Å²) in [7, 11) is 3.57. The largest absolute Gasteiger partial charge is 0.493 e. The number of benzene rings is 2. The summed E-state index contributed by atoms with van der Waals surface area (Å²) in [5.41, 5.74) is 3.07. The summed E-state index contributed by atoms with van der Waals surface area (Å²) >= 11 is 0. The molecule has 7 nitrogen and oxygen atoms in total. The molecular weight excluding hydrogens is 452 g/mol. The van der Waals surface area contributed by atoms with Crippen molar-refractivity contribution in [3.05, 3.63) is 72.3 Å². The molecule has 2 fully saturated rings. The van der Waals surface area contributed by atoms with Crippen LogP contribution in [0.3, 0.4) is 0 Å². The van der Waals surface area contributed by atoms with Crippen LogP contribution in [-0.2, 0) is 13.5 Å². The molecule has 2 aliphatic rings. The fraction of sp³-hybridized carbons (Fsp3) is 0.448. The average Bonchev–Trinajstić information content (AvgIpc) is 3.57. The number of hydrogen-bond acceptors (Lipinski definition) is 6. The minimum Gasteiger partial charge on any atom is -0.493 e. The van der Waals surface area contributed by atoms with E-state index < -0.39 is 0 Å². The van der Waals surface area contributed by atoms with E-state index in [0.717, 1.165) is 56.1 Å². The highest BCUT2D eigenvalue weighted by atomic mass is 16.5. The van der Waals surface area contributed by atoms with Crippen LogP contribution in [0.4, 0.5) is 5.69 Å². The summed E-state index contributed by atoms with van der Waals surface area (Å²) in [4.78, 5) is 22.0. The van der Waals surface area contributed by atoms with Crippen LogP contribution in [0.15, 0.2) is 61.1 Å². The molecule has 2 aromatic carbocycles. The lowest BCUT2D eigenvalue weighted by atomic mass is 10.0. The Bertz CT molecular complexity index is 1160. The smallest absolute Gasteiger partial charge is 0.194 e. The summed E-state index contributed by atoms with van der Waals surface area (Å²) in [5.74, 6) is 1.72. The number of rotatable bonds is 9. The van der Waals surface area contributed by atoms with Gasteiger partial charge in [0.2, 0.25) is 0 Å². The van der Waals surface area contributed by atoms with E-state index in [0.29, 0.717) is 12.2 Å². The highest BCUT2D eigenvalue weighted by molar-refractivity contribution is 5.96. The van der Waals surface area contributed by atoms with E-state index in [-0.39, 0.29) is 17.9 Å². The van der Waals surface area contributed by atoms with Crippen molar-refractivity contribution in [1.29, 1.82) is 0 Å². The van der Waals surface area contributed by atoms with Crippen molar-refractivity contribution < 1.29 is 14.3 Å². The van der Waals surface area contributed by atoms with Gasteiger partial charge in [0.05, 0.1) is 32.3 Å². The van der Waals surface area contributed by atoms with E-state index in [1.165, 1.54) is 18.4 Å². The third-order valence-corrected chi connectivity index (χ3v) is 7.48. The Hall–Kier alpha value is -3.32. The van der Waals surface area contributed by atoms with E-state index in [1.807, 2.05) is 19.2 Å². The fourth-order valence-corrected chi connectivity index (χ4v) is 5.45. The number of aryl methyl sites for hydroxylation is 1. The quantitative estimate of drug-likeness (QED) is 0.417. The van der Waals surface area contributed by atoms with Gasteiger partial charge < -0.3 is 18.9 Å². The molecule has 0 amide bonds. The third kappa shape index (κ3) is 5.57. The summed E-state index contributed by atoms with van der Waals surface area (Å²) in [6.07, 6.45) is 9.18. The molecule has 2 heterocycles. The number of hydrogen-bond donors (Lipinski definition) is 0. The standard InChI is InChI=1S/C29H36N4O3/c1-31-21-30-18-26(31)27(34)20-33-15-14-32(19-24(33)16-22-8-4-3-5-9-22)23-12-13-28(35-2)29(17-23)36-25-10-6-7-11-25/h3-5,8-9,12-13,17-18,21,24-25H,6-7,10-11,14-16,19-20H2,1-2H3/t24-/m0/s1. The first-order valence-corrected chi connectivity index (χ1v) is 13.0. The summed E-state index contributed by atoms with van der Waals surface area (Å²) in [5, 5.41) is 0. The van der Waals surface area contributed by atoms with E-state index >= 15 is 0 Å². The highest BCUT2D eigenvalue weighted by Crippen LogP contribution is 2.35. The third-order valence-electron chi connectivity index (χ3n) is 7.48. The molecule has 36 heavy (non-hydrogen) atoms. The van der Waals surface area contributed by atoms with Crippen LogP contribution >= 0.6 is 0 Å². The zero-order valence-electron chi connectivity index (χ0n) is 21.3. The lowest BCUT2D eigenvalue weighted by Crippen LogP contribution is -2.55. The van der Waals surface area contributed by atoms with Crippen molar-refractivity contribution >= 4 is 11.5 Å². The fourth-order valence-electron chi connectivity index (χ4n) is 5.45. The van der Waals surface area contributed by atoms with Crippen molar-refractivity contribution in [2.24, 2.45) is 7.05 Å². The van der Waals surface area contributed by atoms with Crippen molar-refractivity contribution in [1.82, 2.24) is 14.5 Å². The van der Waals surface area contributed by atoms with E-state index in [9.17, 15) is 4.79 Å². The SMILES string of the molecule is COc1ccc(N2CCN(CC(=O)c3cncn3C)[C@@H](Cc3ccccc3)C2)cc1OC1CCCC1. The molecule has 1 saturated heterocycles. The number of Topliss-reactive ketones (excluding diaryl/α,β-unsaturated/α-hetero) is 1. The maximum Gasteiger partial charge on any atom is 0.194 e. The predicted octanol–water partition coefficient (Wildman–Crippen LogP) is 4.37. The number of nitrogens with zero attached hydrogens (tertiary/aromatic N) is 4. The molecule has 1 atom stereocenters. The number of aromatic nitrogens is 2. The molecule has 7 heteroatoms. The predicted molar refractivity (Wildman–Crippen MR) is 141 cm³/mol. The Morgan fingerprint density at radius 3 is 2.58 bits per heavy atom. The maximum atomic E-state index is 13.1. The molecule has 1 aliphatic carbocycles. The maximum absolute atomic E-state index is 13.1. The van der Waals surface area contributed by atoms with Crippen molar-refractivity contribution in [2.45, 2.75) is 44.2 Å². The Labute approximate surface area is 213 Å². The topological polar surface area (TPSA) is 59.8 Å². The Morgan fingerprint density at radius 2 is 1.86 bits per heavy atom. The van der Waals surface area contributed by atoms with Gasteiger partial charge in [-0.3, -0.25) is 9.69 Å². The second-order valence-electron chi connectivity index (χ2n) is 9.93. The van der Waals surface area contributed by atoms with Gasteiger partial charge in [-0.05, 0) is 49.8 Å². The Morgan fingerprint density at radius 1 is 1.06 bits per heavy atom. The molecule has 0 spiro atoms. The molecule has 0 bridgehead atoms. The number of methoxy groups -OCH3 is 1. The molecule has 3 aromatic rings. The number of carbonyl (C=O) groups is 1. The molecular formula is C29H36N4O3. The molecule has 190 valence electrons.